The lowest BCUT2D eigenvalue weighted by Gasteiger charge is -2.09. The van der Waals surface area contributed by atoms with Gasteiger partial charge in [0, 0.05) is 18.7 Å². The number of nitrogens with zero attached hydrogens (tertiary/aromatic N) is 3. The fraction of sp³-hybridized carbons (Fsp3) is 0.417. The van der Waals surface area contributed by atoms with Crippen molar-refractivity contribution in [3.63, 3.8) is 0 Å². The molecule has 7 heteroatoms. The van der Waals surface area contributed by atoms with E-state index in [1.54, 1.807) is 6.20 Å². The third-order valence-electron chi connectivity index (χ3n) is 2.38. The molecule has 2 N–H and O–H groups in total. The van der Waals surface area contributed by atoms with Crippen molar-refractivity contribution in [3.05, 3.63) is 24.1 Å². The average Bonchev–Trinajstić information content (AvgIpc) is 2.96. The molecule has 0 bridgehead atoms. The fourth-order valence-electron chi connectivity index (χ4n) is 1.46. The molecule has 2 heterocycles. The van der Waals surface area contributed by atoms with Crippen molar-refractivity contribution in [1.29, 1.82) is 0 Å². The minimum absolute atomic E-state index is 0.554. The first-order valence-electron chi connectivity index (χ1n) is 6.12. The van der Waals surface area contributed by atoms with E-state index in [2.05, 4.69) is 32.7 Å². The summed E-state index contributed by atoms with van der Waals surface area (Å²) in [5, 5.41) is 10.9. The highest BCUT2D eigenvalue weighted by molar-refractivity contribution is 7.98. The Labute approximate surface area is 116 Å². The lowest BCUT2D eigenvalue weighted by molar-refractivity contribution is 0.388. The van der Waals surface area contributed by atoms with Crippen LogP contribution in [0.15, 0.2) is 28.0 Å². The van der Waals surface area contributed by atoms with Crippen molar-refractivity contribution in [2.24, 2.45) is 0 Å². The summed E-state index contributed by atoms with van der Waals surface area (Å²) >= 11 is 1.52. The topological polar surface area (TPSA) is 75.9 Å². The highest BCUT2D eigenvalue weighted by atomic mass is 32.2. The first kappa shape index (κ1) is 13.7. The first-order chi connectivity index (χ1) is 9.31. The Kier molecular flexibility index (Phi) is 5.02. The molecule has 19 heavy (non-hydrogen) atoms. The van der Waals surface area contributed by atoms with E-state index >= 15 is 0 Å². The molecule has 2 aromatic rings. The summed E-state index contributed by atoms with van der Waals surface area (Å²) in [6.07, 6.45) is 4.64. The largest absolute Gasteiger partial charge is 0.370 e. The van der Waals surface area contributed by atoms with Crippen LogP contribution in [-0.4, -0.2) is 27.9 Å². The summed E-state index contributed by atoms with van der Waals surface area (Å²) in [6, 6.07) is 3.71. The van der Waals surface area contributed by atoms with Crippen LogP contribution >= 0.6 is 11.8 Å². The molecule has 102 valence electrons. The van der Waals surface area contributed by atoms with Crippen molar-refractivity contribution in [3.8, 4) is 0 Å². The van der Waals surface area contributed by atoms with E-state index in [-0.39, 0.29) is 0 Å². The second-order valence-electron chi connectivity index (χ2n) is 3.88. The molecule has 0 atom stereocenters. The minimum Gasteiger partial charge on any atom is -0.370 e. The zero-order chi connectivity index (χ0) is 13.5. The molecule has 0 aliphatic carbocycles. The number of hydrogen-bond donors (Lipinski definition) is 2. The summed E-state index contributed by atoms with van der Waals surface area (Å²) in [6.45, 7) is 3.57. The molecule has 6 nitrogen and oxygen atoms in total. The first-order valence-corrected chi connectivity index (χ1v) is 7.34. The van der Waals surface area contributed by atoms with Gasteiger partial charge >= 0.3 is 0 Å². The average molecular weight is 279 g/mol. The second-order valence-corrected chi connectivity index (χ2v) is 4.66. The quantitative estimate of drug-likeness (QED) is 0.596. The van der Waals surface area contributed by atoms with Gasteiger partial charge in [-0.05, 0) is 12.7 Å². The van der Waals surface area contributed by atoms with Gasteiger partial charge in [0.2, 0.25) is 0 Å². The smallest absolute Gasteiger partial charge is 0.191 e. The minimum atomic E-state index is 0.554. The monoisotopic (exact) mass is 279 g/mol. The molecule has 0 radical (unpaired) electrons. The van der Waals surface area contributed by atoms with Crippen molar-refractivity contribution in [1.82, 2.24) is 15.1 Å². The maximum absolute atomic E-state index is 5.03. The van der Waals surface area contributed by atoms with E-state index in [4.69, 9.17) is 4.52 Å². The molecular weight excluding hydrogens is 262 g/mol. The molecule has 2 rings (SSSR count). The Morgan fingerprint density at radius 1 is 1.26 bits per heavy atom. The highest BCUT2D eigenvalue weighted by Gasteiger charge is 2.04. The molecule has 0 aliphatic heterocycles. The van der Waals surface area contributed by atoms with Crippen LogP contribution in [0.25, 0.3) is 0 Å². The van der Waals surface area contributed by atoms with Crippen LogP contribution in [-0.2, 0) is 6.54 Å². The maximum Gasteiger partial charge on any atom is 0.191 e. The van der Waals surface area contributed by atoms with E-state index < -0.39 is 0 Å². The van der Waals surface area contributed by atoms with E-state index in [0.29, 0.717) is 6.54 Å². The number of anilines is 2. The van der Waals surface area contributed by atoms with Crippen LogP contribution < -0.4 is 10.6 Å². The van der Waals surface area contributed by atoms with E-state index in [1.807, 2.05) is 18.4 Å². The van der Waals surface area contributed by atoms with Crippen LogP contribution in [0, 0.1) is 0 Å². The van der Waals surface area contributed by atoms with Gasteiger partial charge in [-0.15, -0.1) is 0 Å². The number of nitrogens with one attached hydrogen (secondary N) is 2. The summed E-state index contributed by atoms with van der Waals surface area (Å²) in [7, 11) is 0. The molecule has 0 saturated carbocycles. The number of rotatable bonds is 7. The standard InChI is InChI=1S/C12H17N5OS/c1-3-5-13-10-7-11(17-12(16-10)19-2)14-8-9-4-6-15-18-9/h4,6-7H,3,5,8H2,1-2H3,(H2,13,14,16,17). The lowest BCUT2D eigenvalue weighted by Crippen LogP contribution is -2.07. The van der Waals surface area contributed by atoms with Crippen molar-refractivity contribution < 1.29 is 4.52 Å². The summed E-state index contributed by atoms with van der Waals surface area (Å²) in [4.78, 5) is 8.80. The number of aromatic nitrogens is 3. The zero-order valence-corrected chi connectivity index (χ0v) is 11.8. The van der Waals surface area contributed by atoms with E-state index in [0.717, 1.165) is 35.5 Å². The molecule has 0 amide bonds. The van der Waals surface area contributed by atoms with Crippen LogP contribution in [0.3, 0.4) is 0 Å². The molecule has 0 unspecified atom stereocenters. The van der Waals surface area contributed by atoms with Crippen molar-refractivity contribution in [2.45, 2.75) is 25.0 Å². The fourth-order valence-corrected chi connectivity index (χ4v) is 1.84. The molecule has 0 aliphatic rings. The Hall–Kier alpha value is -1.76. The van der Waals surface area contributed by atoms with E-state index in [1.165, 1.54) is 11.8 Å². The summed E-state index contributed by atoms with van der Waals surface area (Å²) in [5.74, 6) is 2.38. The van der Waals surface area contributed by atoms with Crippen LogP contribution in [0.4, 0.5) is 11.6 Å². The SMILES string of the molecule is CCCNc1cc(NCc2ccno2)nc(SC)n1. The Balaban J connectivity index is 2.05. The Morgan fingerprint density at radius 3 is 2.68 bits per heavy atom. The third-order valence-corrected chi connectivity index (χ3v) is 2.93. The highest BCUT2D eigenvalue weighted by Crippen LogP contribution is 2.17. The predicted molar refractivity (Wildman–Crippen MR) is 76.4 cm³/mol. The van der Waals surface area contributed by atoms with Gasteiger partial charge in [0.1, 0.15) is 11.6 Å². The van der Waals surface area contributed by atoms with Gasteiger partial charge in [0.15, 0.2) is 10.9 Å². The zero-order valence-electron chi connectivity index (χ0n) is 11.0. The molecule has 2 aromatic heterocycles. The van der Waals surface area contributed by atoms with Crippen LogP contribution in [0.5, 0.6) is 0 Å². The normalized spacial score (nSPS) is 10.4. The Morgan fingerprint density at radius 2 is 2.05 bits per heavy atom. The van der Waals surface area contributed by atoms with Gasteiger partial charge in [-0.3, -0.25) is 0 Å². The summed E-state index contributed by atoms with van der Waals surface area (Å²) in [5.41, 5.74) is 0. The molecular formula is C12H17N5OS. The van der Waals surface area contributed by atoms with Crippen LogP contribution in [0.1, 0.15) is 19.1 Å². The molecule has 0 aromatic carbocycles. The summed E-state index contributed by atoms with van der Waals surface area (Å²) < 4.78 is 5.03. The van der Waals surface area contributed by atoms with Crippen molar-refractivity contribution in [2.75, 3.05) is 23.4 Å². The van der Waals surface area contributed by atoms with Gasteiger partial charge < -0.3 is 15.2 Å². The van der Waals surface area contributed by atoms with E-state index in [9.17, 15) is 0 Å². The molecule has 0 saturated heterocycles. The second kappa shape index (κ2) is 6.98. The van der Waals surface area contributed by atoms with Crippen LogP contribution in [0.2, 0.25) is 0 Å². The predicted octanol–water partition coefficient (Wildman–Crippen LogP) is 2.62. The Bertz CT molecular complexity index is 503. The number of thioether (sulfide) groups is 1. The maximum atomic E-state index is 5.03. The van der Waals surface area contributed by atoms with Crippen molar-refractivity contribution >= 4 is 23.4 Å². The third kappa shape index (κ3) is 4.13. The molecule has 0 fully saturated rings. The van der Waals surface area contributed by atoms with Gasteiger partial charge in [0.05, 0.1) is 12.7 Å². The van der Waals surface area contributed by atoms with Gasteiger partial charge in [0.25, 0.3) is 0 Å². The molecule has 0 spiro atoms. The van der Waals surface area contributed by atoms with Gasteiger partial charge in [-0.25, -0.2) is 9.97 Å². The van der Waals surface area contributed by atoms with Gasteiger partial charge in [-0.1, -0.05) is 23.8 Å². The number of hydrogen-bond acceptors (Lipinski definition) is 7. The lowest BCUT2D eigenvalue weighted by atomic mass is 10.4. The van der Waals surface area contributed by atoms with Gasteiger partial charge in [-0.2, -0.15) is 0 Å².